The fourth-order valence-electron chi connectivity index (χ4n) is 3.04. The van der Waals surface area contributed by atoms with Crippen molar-refractivity contribution in [3.05, 3.63) is 65.5 Å². The number of ether oxygens (including phenoxy) is 1. The van der Waals surface area contributed by atoms with Crippen LogP contribution in [-0.2, 0) is 17.9 Å². The molecule has 1 saturated heterocycles. The van der Waals surface area contributed by atoms with Gasteiger partial charge in [-0.2, -0.15) is 13.2 Å². The predicted octanol–water partition coefficient (Wildman–Crippen LogP) is 3.12. The summed E-state index contributed by atoms with van der Waals surface area (Å²) < 4.78 is 40.9. The number of piperazine rings is 1. The summed E-state index contributed by atoms with van der Waals surface area (Å²) in [6.07, 6.45) is -2.57. The van der Waals surface area contributed by atoms with Crippen molar-refractivity contribution in [3.63, 3.8) is 0 Å². The van der Waals surface area contributed by atoms with Gasteiger partial charge in [-0.05, 0) is 29.8 Å². The second-order valence-electron chi connectivity index (χ2n) is 6.69. The lowest BCUT2D eigenvalue weighted by molar-refractivity contribution is -0.176. The highest BCUT2D eigenvalue weighted by molar-refractivity contribution is 5.94. The SMILES string of the molecule is O=C(c1ccc(COCC(F)(F)F)cc1)N1CCN(Cc2ccccn2)CC1. The quantitative estimate of drug-likeness (QED) is 0.757. The lowest BCUT2D eigenvalue weighted by atomic mass is 10.1. The minimum atomic E-state index is -4.34. The van der Waals surface area contributed by atoms with Crippen molar-refractivity contribution < 1.29 is 22.7 Å². The first-order valence-electron chi connectivity index (χ1n) is 9.06. The Morgan fingerprint density at radius 2 is 1.75 bits per heavy atom. The number of hydrogen-bond acceptors (Lipinski definition) is 4. The Bertz CT molecular complexity index is 759. The fraction of sp³-hybridized carbons (Fsp3) is 0.400. The van der Waals surface area contributed by atoms with E-state index in [1.807, 2.05) is 18.2 Å². The maximum Gasteiger partial charge on any atom is 0.411 e. The van der Waals surface area contributed by atoms with Crippen LogP contribution in [0.1, 0.15) is 21.6 Å². The van der Waals surface area contributed by atoms with E-state index in [0.717, 1.165) is 25.3 Å². The first-order chi connectivity index (χ1) is 13.4. The average Bonchev–Trinajstić information content (AvgIpc) is 2.68. The Morgan fingerprint density at radius 3 is 2.36 bits per heavy atom. The first-order valence-corrected chi connectivity index (χ1v) is 9.06. The van der Waals surface area contributed by atoms with Gasteiger partial charge in [0.2, 0.25) is 0 Å². The molecule has 2 aromatic rings. The first kappa shape index (κ1) is 20.3. The minimum absolute atomic E-state index is 0.0692. The molecule has 0 atom stereocenters. The largest absolute Gasteiger partial charge is 0.411 e. The van der Waals surface area contributed by atoms with Crippen molar-refractivity contribution in [3.8, 4) is 0 Å². The van der Waals surface area contributed by atoms with Gasteiger partial charge in [-0.15, -0.1) is 0 Å². The van der Waals surface area contributed by atoms with E-state index < -0.39 is 12.8 Å². The summed E-state index contributed by atoms with van der Waals surface area (Å²) in [5.41, 5.74) is 2.13. The van der Waals surface area contributed by atoms with Crippen molar-refractivity contribution in [2.24, 2.45) is 0 Å². The van der Waals surface area contributed by atoms with Crippen LogP contribution in [0.25, 0.3) is 0 Å². The molecular weight excluding hydrogens is 371 g/mol. The standard InChI is InChI=1S/C20H22F3N3O2/c21-20(22,23)15-28-14-16-4-6-17(7-5-16)19(27)26-11-9-25(10-12-26)13-18-3-1-2-8-24-18/h1-8H,9-15H2. The number of benzene rings is 1. The highest BCUT2D eigenvalue weighted by Crippen LogP contribution is 2.16. The summed E-state index contributed by atoms with van der Waals surface area (Å²) in [4.78, 5) is 21.0. The number of alkyl halides is 3. The predicted molar refractivity (Wildman–Crippen MR) is 97.6 cm³/mol. The highest BCUT2D eigenvalue weighted by atomic mass is 19.4. The second-order valence-corrected chi connectivity index (χ2v) is 6.69. The maximum absolute atomic E-state index is 12.6. The molecule has 0 aliphatic carbocycles. The number of aromatic nitrogens is 1. The Labute approximate surface area is 161 Å². The second kappa shape index (κ2) is 9.16. The molecule has 2 heterocycles. The van der Waals surface area contributed by atoms with Gasteiger partial charge in [0.15, 0.2) is 0 Å². The minimum Gasteiger partial charge on any atom is -0.367 e. The van der Waals surface area contributed by atoms with Crippen LogP contribution in [0.15, 0.2) is 48.7 Å². The van der Waals surface area contributed by atoms with Crippen LogP contribution < -0.4 is 0 Å². The molecule has 150 valence electrons. The van der Waals surface area contributed by atoms with E-state index in [1.165, 1.54) is 0 Å². The highest BCUT2D eigenvalue weighted by Gasteiger charge is 2.27. The number of carbonyl (C=O) groups excluding carboxylic acids is 1. The summed E-state index contributed by atoms with van der Waals surface area (Å²) in [6.45, 7) is 2.13. The van der Waals surface area contributed by atoms with Crippen LogP contribution >= 0.6 is 0 Å². The Kier molecular flexibility index (Phi) is 6.64. The number of hydrogen-bond donors (Lipinski definition) is 0. The van der Waals surface area contributed by atoms with Gasteiger partial charge < -0.3 is 9.64 Å². The van der Waals surface area contributed by atoms with Gasteiger partial charge in [-0.1, -0.05) is 18.2 Å². The van der Waals surface area contributed by atoms with Crippen molar-refractivity contribution in [2.45, 2.75) is 19.3 Å². The molecule has 1 amide bonds. The lowest BCUT2D eigenvalue weighted by Gasteiger charge is -2.34. The number of carbonyl (C=O) groups is 1. The van der Waals surface area contributed by atoms with Crippen molar-refractivity contribution in [2.75, 3.05) is 32.8 Å². The Balaban J connectivity index is 1.47. The normalized spacial score (nSPS) is 15.6. The third-order valence-electron chi connectivity index (χ3n) is 4.51. The zero-order valence-electron chi connectivity index (χ0n) is 15.4. The maximum atomic E-state index is 12.6. The average molecular weight is 393 g/mol. The van der Waals surface area contributed by atoms with Gasteiger partial charge in [-0.3, -0.25) is 14.7 Å². The zero-order valence-corrected chi connectivity index (χ0v) is 15.4. The number of rotatable bonds is 6. The van der Waals surface area contributed by atoms with E-state index in [2.05, 4.69) is 14.6 Å². The number of halogens is 3. The molecule has 0 radical (unpaired) electrons. The molecule has 1 aromatic heterocycles. The summed E-state index contributed by atoms with van der Waals surface area (Å²) in [5.74, 6) is -0.0692. The molecular formula is C20H22F3N3O2. The molecule has 1 aliphatic heterocycles. The molecule has 8 heteroatoms. The summed E-state index contributed by atoms with van der Waals surface area (Å²) in [5, 5.41) is 0. The molecule has 28 heavy (non-hydrogen) atoms. The fourth-order valence-corrected chi connectivity index (χ4v) is 3.04. The summed E-state index contributed by atoms with van der Waals surface area (Å²) >= 11 is 0. The molecule has 0 bridgehead atoms. The zero-order chi connectivity index (χ0) is 20.0. The number of amides is 1. The molecule has 5 nitrogen and oxygen atoms in total. The van der Waals surface area contributed by atoms with Gasteiger partial charge >= 0.3 is 6.18 Å². The van der Waals surface area contributed by atoms with Crippen LogP contribution in [0, 0.1) is 0 Å². The third-order valence-corrected chi connectivity index (χ3v) is 4.51. The van der Waals surface area contributed by atoms with E-state index in [9.17, 15) is 18.0 Å². The van der Waals surface area contributed by atoms with Crippen LogP contribution in [0.3, 0.4) is 0 Å². The summed E-state index contributed by atoms with van der Waals surface area (Å²) in [6, 6.07) is 12.3. The van der Waals surface area contributed by atoms with Gasteiger partial charge in [0.05, 0.1) is 12.3 Å². The summed E-state index contributed by atoms with van der Waals surface area (Å²) in [7, 11) is 0. The topological polar surface area (TPSA) is 45.7 Å². The van der Waals surface area contributed by atoms with Crippen molar-refractivity contribution in [1.29, 1.82) is 0 Å². The van der Waals surface area contributed by atoms with Gasteiger partial charge in [0.1, 0.15) is 6.61 Å². The van der Waals surface area contributed by atoms with Gasteiger partial charge in [0.25, 0.3) is 5.91 Å². The molecule has 1 fully saturated rings. The van der Waals surface area contributed by atoms with E-state index in [1.54, 1.807) is 35.4 Å². The van der Waals surface area contributed by atoms with Crippen LogP contribution in [0.2, 0.25) is 0 Å². The molecule has 0 saturated carbocycles. The molecule has 3 rings (SSSR count). The van der Waals surface area contributed by atoms with E-state index >= 15 is 0 Å². The van der Waals surface area contributed by atoms with Crippen molar-refractivity contribution >= 4 is 5.91 Å². The van der Waals surface area contributed by atoms with Gasteiger partial charge in [0, 0.05) is 44.5 Å². The molecule has 0 N–H and O–H groups in total. The molecule has 0 unspecified atom stereocenters. The molecule has 0 spiro atoms. The Morgan fingerprint density at radius 1 is 1.04 bits per heavy atom. The lowest BCUT2D eigenvalue weighted by Crippen LogP contribution is -2.48. The van der Waals surface area contributed by atoms with Crippen LogP contribution in [-0.4, -0.2) is 59.7 Å². The van der Waals surface area contributed by atoms with Crippen LogP contribution in [0.5, 0.6) is 0 Å². The number of nitrogens with zero attached hydrogens (tertiary/aromatic N) is 3. The van der Waals surface area contributed by atoms with Gasteiger partial charge in [-0.25, -0.2) is 0 Å². The van der Waals surface area contributed by atoms with E-state index in [4.69, 9.17) is 0 Å². The van der Waals surface area contributed by atoms with E-state index in [-0.39, 0.29) is 12.5 Å². The van der Waals surface area contributed by atoms with E-state index in [0.29, 0.717) is 24.2 Å². The van der Waals surface area contributed by atoms with Crippen molar-refractivity contribution in [1.82, 2.24) is 14.8 Å². The molecule has 1 aliphatic rings. The smallest absolute Gasteiger partial charge is 0.367 e. The Hall–Kier alpha value is -2.45. The molecule has 1 aromatic carbocycles. The third kappa shape index (κ3) is 6.03. The monoisotopic (exact) mass is 393 g/mol. The number of pyridine rings is 1. The van der Waals surface area contributed by atoms with Crippen LogP contribution in [0.4, 0.5) is 13.2 Å².